The molecule has 0 spiro atoms. The van der Waals surface area contributed by atoms with Crippen LogP contribution >= 0.6 is 0 Å². The molecule has 3 nitrogen and oxygen atoms in total. The summed E-state index contributed by atoms with van der Waals surface area (Å²) in [7, 11) is 1.53. The molecule has 4 aromatic rings. The molecule has 0 unspecified atom stereocenters. The third kappa shape index (κ3) is 1.68. The zero-order chi connectivity index (χ0) is 16.3. The molecule has 0 bridgehead atoms. The van der Waals surface area contributed by atoms with E-state index in [1.54, 1.807) is 0 Å². The van der Waals surface area contributed by atoms with E-state index < -0.39 is 5.82 Å². The standard InChI is InChI=1S/C20H12FNO2/c1-23-11-9-14-12-6-4-8-17-18(12)20(22-19(14)15(21)10-11)13-5-2-3-7-16(13)24-17/h2-10H,1H3. The Morgan fingerprint density at radius 1 is 0.958 bits per heavy atom. The average molecular weight is 317 g/mol. The van der Waals surface area contributed by atoms with Crippen LogP contribution in [0.1, 0.15) is 0 Å². The molecule has 1 aliphatic rings. The molecule has 0 N–H and O–H groups in total. The van der Waals surface area contributed by atoms with Crippen molar-refractivity contribution in [2.75, 3.05) is 7.11 Å². The Bertz CT molecular complexity index is 1140. The summed E-state index contributed by atoms with van der Waals surface area (Å²) in [5.74, 6) is 1.55. The Hall–Kier alpha value is -3.14. The van der Waals surface area contributed by atoms with E-state index in [0.717, 1.165) is 38.9 Å². The predicted octanol–water partition coefficient (Wildman–Crippen LogP) is 5.31. The van der Waals surface area contributed by atoms with E-state index in [9.17, 15) is 4.39 Å². The van der Waals surface area contributed by atoms with Gasteiger partial charge in [0, 0.05) is 17.0 Å². The first-order chi connectivity index (χ1) is 11.8. The van der Waals surface area contributed by atoms with Crippen molar-refractivity contribution in [3.63, 3.8) is 0 Å². The maximum atomic E-state index is 14.6. The van der Waals surface area contributed by atoms with Crippen LogP contribution in [0.2, 0.25) is 0 Å². The lowest BCUT2D eigenvalue weighted by Crippen LogP contribution is -2.00. The van der Waals surface area contributed by atoms with Crippen LogP contribution in [0, 0.1) is 5.82 Å². The molecule has 2 heterocycles. The minimum absolute atomic E-state index is 0.340. The van der Waals surface area contributed by atoms with Gasteiger partial charge in [-0.05, 0) is 29.7 Å². The first kappa shape index (κ1) is 13.3. The first-order valence-electron chi connectivity index (χ1n) is 7.63. The molecular weight excluding hydrogens is 305 g/mol. The van der Waals surface area contributed by atoms with E-state index in [-0.39, 0.29) is 0 Å². The van der Waals surface area contributed by atoms with Crippen LogP contribution in [0.25, 0.3) is 32.9 Å². The SMILES string of the molecule is COc1cc(F)c2nc3c4c(cccc4c2c1)Oc1ccccc1-3. The van der Waals surface area contributed by atoms with E-state index in [2.05, 4.69) is 4.98 Å². The maximum Gasteiger partial charge on any atom is 0.153 e. The van der Waals surface area contributed by atoms with Gasteiger partial charge < -0.3 is 9.47 Å². The summed E-state index contributed by atoms with van der Waals surface area (Å²) in [4.78, 5) is 4.64. The van der Waals surface area contributed by atoms with Gasteiger partial charge in [-0.2, -0.15) is 0 Å². The first-order valence-corrected chi connectivity index (χ1v) is 7.63. The summed E-state index contributed by atoms with van der Waals surface area (Å²) in [6.45, 7) is 0. The number of para-hydroxylation sites is 1. The topological polar surface area (TPSA) is 31.4 Å². The molecule has 0 atom stereocenters. The molecule has 0 saturated carbocycles. The quantitative estimate of drug-likeness (QED) is 0.393. The second-order valence-corrected chi connectivity index (χ2v) is 5.74. The minimum Gasteiger partial charge on any atom is -0.497 e. The zero-order valence-corrected chi connectivity index (χ0v) is 12.8. The lowest BCUT2D eigenvalue weighted by Gasteiger charge is -2.21. The van der Waals surface area contributed by atoms with Crippen molar-refractivity contribution in [3.8, 4) is 28.5 Å². The highest BCUT2D eigenvalue weighted by Gasteiger charge is 2.23. The Morgan fingerprint density at radius 3 is 2.67 bits per heavy atom. The van der Waals surface area contributed by atoms with E-state index in [0.29, 0.717) is 11.3 Å². The van der Waals surface area contributed by atoms with Crippen molar-refractivity contribution in [2.45, 2.75) is 0 Å². The highest BCUT2D eigenvalue weighted by molar-refractivity contribution is 6.14. The van der Waals surface area contributed by atoms with Crippen LogP contribution in [0.4, 0.5) is 4.39 Å². The highest BCUT2D eigenvalue weighted by Crippen LogP contribution is 2.47. The number of pyridine rings is 1. The van der Waals surface area contributed by atoms with Gasteiger partial charge in [-0.1, -0.05) is 24.3 Å². The Kier molecular flexibility index (Phi) is 2.59. The fraction of sp³-hybridized carbons (Fsp3) is 0.0500. The molecule has 3 aromatic carbocycles. The summed E-state index contributed by atoms with van der Waals surface area (Å²) in [6.07, 6.45) is 0. The predicted molar refractivity (Wildman–Crippen MR) is 91.3 cm³/mol. The number of ether oxygens (including phenoxy) is 2. The van der Waals surface area contributed by atoms with Gasteiger partial charge in [0.25, 0.3) is 0 Å². The molecule has 0 saturated heterocycles. The van der Waals surface area contributed by atoms with Crippen LogP contribution in [0.3, 0.4) is 0 Å². The lowest BCUT2D eigenvalue weighted by molar-refractivity contribution is 0.412. The van der Waals surface area contributed by atoms with Gasteiger partial charge in [-0.15, -0.1) is 0 Å². The fourth-order valence-corrected chi connectivity index (χ4v) is 3.33. The van der Waals surface area contributed by atoms with Crippen LogP contribution in [0.5, 0.6) is 17.2 Å². The number of aromatic nitrogens is 1. The van der Waals surface area contributed by atoms with Crippen molar-refractivity contribution < 1.29 is 13.9 Å². The number of rotatable bonds is 1. The number of halogens is 1. The van der Waals surface area contributed by atoms with Crippen LogP contribution in [-0.4, -0.2) is 12.1 Å². The van der Waals surface area contributed by atoms with E-state index >= 15 is 0 Å². The molecule has 0 amide bonds. The molecule has 4 heteroatoms. The number of nitrogens with zero attached hydrogens (tertiary/aromatic N) is 1. The molecule has 24 heavy (non-hydrogen) atoms. The number of benzene rings is 3. The largest absolute Gasteiger partial charge is 0.497 e. The van der Waals surface area contributed by atoms with Crippen molar-refractivity contribution >= 4 is 21.7 Å². The maximum absolute atomic E-state index is 14.6. The highest BCUT2D eigenvalue weighted by atomic mass is 19.1. The molecule has 1 aliphatic heterocycles. The van der Waals surface area contributed by atoms with Gasteiger partial charge in [-0.3, -0.25) is 0 Å². The third-order valence-corrected chi connectivity index (χ3v) is 4.41. The fourth-order valence-electron chi connectivity index (χ4n) is 3.33. The lowest BCUT2D eigenvalue weighted by atomic mass is 9.97. The average Bonchev–Trinajstić information content (AvgIpc) is 2.62. The monoisotopic (exact) mass is 317 g/mol. The van der Waals surface area contributed by atoms with Crippen LogP contribution in [-0.2, 0) is 0 Å². The number of hydrogen-bond donors (Lipinski definition) is 0. The van der Waals surface area contributed by atoms with E-state index in [1.807, 2.05) is 48.5 Å². The second kappa shape index (κ2) is 4.68. The Balaban J connectivity index is 2.02. The zero-order valence-electron chi connectivity index (χ0n) is 12.8. The molecule has 116 valence electrons. The van der Waals surface area contributed by atoms with Crippen molar-refractivity contribution in [1.29, 1.82) is 0 Å². The smallest absolute Gasteiger partial charge is 0.153 e. The van der Waals surface area contributed by atoms with Crippen LogP contribution < -0.4 is 9.47 Å². The van der Waals surface area contributed by atoms with Gasteiger partial charge in [0.2, 0.25) is 0 Å². The van der Waals surface area contributed by atoms with Gasteiger partial charge >= 0.3 is 0 Å². The van der Waals surface area contributed by atoms with Gasteiger partial charge in [0.05, 0.1) is 18.2 Å². The normalized spacial score (nSPS) is 12.1. The summed E-state index contributed by atoms with van der Waals surface area (Å²) in [6, 6.07) is 16.6. The Morgan fingerprint density at radius 2 is 1.79 bits per heavy atom. The summed E-state index contributed by atoms with van der Waals surface area (Å²) < 4.78 is 25.8. The van der Waals surface area contributed by atoms with Gasteiger partial charge in [-0.25, -0.2) is 9.37 Å². The minimum atomic E-state index is -0.392. The molecular formula is C20H12FNO2. The van der Waals surface area contributed by atoms with E-state index in [4.69, 9.17) is 9.47 Å². The molecule has 0 radical (unpaired) electrons. The van der Waals surface area contributed by atoms with Crippen molar-refractivity contribution in [3.05, 3.63) is 60.4 Å². The molecule has 5 rings (SSSR count). The second-order valence-electron chi connectivity index (χ2n) is 5.74. The van der Waals surface area contributed by atoms with E-state index in [1.165, 1.54) is 13.2 Å². The summed E-state index contributed by atoms with van der Waals surface area (Å²) >= 11 is 0. The summed E-state index contributed by atoms with van der Waals surface area (Å²) in [5, 5.41) is 2.52. The van der Waals surface area contributed by atoms with Crippen molar-refractivity contribution in [1.82, 2.24) is 4.98 Å². The van der Waals surface area contributed by atoms with Gasteiger partial charge in [0.15, 0.2) is 5.82 Å². The summed E-state index contributed by atoms with van der Waals surface area (Å²) in [5.41, 5.74) is 1.96. The van der Waals surface area contributed by atoms with Gasteiger partial charge in [0.1, 0.15) is 22.8 Å². The van der Waals surface area contributed by atoms with Crippen LogP contribution in [0.15, 0.2) is 54.6 Å². The molecule has 1 aromatic heterocycles. The number of hydrogen-bond acceptors (Lipinski definition) is 3. The number of methoxy groups -OCH3 is 1. The molecule has 0 fully saturated rings. The molecule has 0 aliphatic carbocycles. The van der Waals surface area contributed by atoms with Crippen molar-refractivity contribution in [2.24, 2.45) is 0 Å². The third-order valence-electron chi connectivity index (χ3n) is 4.41. The Labute approximate surface area is 137 Å². The number of fused-ring (bicyclic) bond motifs is 4.